The smallest absolute Gasteiger partial charge is 0.104 e. The van der Waals surface area contributed by atoms with Crippen LogP contribution in [0.1, 0.15) is 29.9 Å². The average molecular weight is 290 g/mol. The number of rotatable bonds is 9. The molecule has 0 saturated carbocycles. The van der Waals surface area contributed by atoms with Crippen molar-refractivity contribution >= 4 is 0 Å². The summed E-state index contributed by atoms with van der Waals surface area (Å²) in [4.78, 5) is 0. The van der Waals surface area contributed by atoms with E-state index in [-0.39, 0.29) is 0 Å². The first-order valence-electron chi connectivity index (χ1n) is 7.88. The van der Waals surface area contributed by atoms with Crippen molar-refractivity contribution in [1.29, 1.82) is 0 Å². The standard InChI is InChI=1S/C17H22O4/c1-3-13(4-2-12(1)7-18-8-17-11-21-17)14(5-15-9-19-15)6-16-10-20-16/h1-4,14-17H,5-11H2. The Morgan fingerprint density at radius 1 is 0.905 bits per heavy atom. The van der Waals surface area contributed by atoms with Crippen LogP contribution in [0.4, 0.5) is 0 Å². The second kappa shape index (κ2) is 6.05. The fourth-order valence-electron chi connectivity index (χ4n) is 2.77. The Bertz CT molecular complexity index is 446. The number of ether oxygens (including phenoxy) is 4. The molecule has 114 valence electrons. The van der Waals surface area contributed by atoms with Crippen molar-refractivity contribution in [3.05, 3.63) is 35.4 Å². The monoisotopic (exact) mass is 290 g/mol. The highest BCUT2D eigenvalue weighted by molar-refractivity contribution is 5.25. The molecule has 3 atom stereocenters. The van der Waals surface area contributed by atoms with Crippen LogP contribution < -0.4 is 0 Å². The molecular formula is C17H22O4. The normalized spacial score (nSPS) is 31.0. The first-order chi connectivity index (χ1) is 10.4. The molecule has 3 heterocycles. The Hall–Kier alpha value is -0.940. The minimum Gasteiger partial charge on any atom is -0.374 e. The van der Waals surface area contributed by atoms with Gasteiger partial charge in [0.15, 0.2) is 0 Å². The van der Waals surface area contributed by atoms with Gasteiger partial charge in [-0.3, -0.25) is 0 Å². The minimum atomic E-state index is 0.339. The maximum Gasteiger partial charge on any atom is 0.104 e. The quantitative estimate of drug-likeness (QED) is 0.655. The third kappa shape index (κ3) is 4.27. The van der Waals surface area contributed by atoms with Crippen molar-refractivity contribution in [2.75, 3.05) is 26.4 Å². The summed E-state index contributed by atoms with van der Waals surface area (Å²) in [6, 6.07) is 8.83. The number of hydrogen-bond acceptors (Lipinski definition) is 4. The molecule has 4 rings (SSSR count). The lowest BCUT2D eigenvalue weighted by atomic mass is 9.89. The van der Waals surface area contributed by atoms with Crippen LogP contribution in [0.3, 0.4) is 0 Å². The molecule has 3 saturated heterocycles. The van der Waals surface area contributed by atoms with E-state index in [0.29, 0.717) is 37.4 Å². The summed E-state index contributed by atoms with van der Waals surface area (Å²) < 4.78 is 21.6. The largest absolute Gasteiger partial charge is 0.374 e. The Kier molecular flexibility index (Phi) is 3.95. The van der Waals surface area contributed by atoms with Gasteiger partial charge >= 0.3 is 0 Å². The van der Waals surface area contributed by atoms with Gasteiger partial charge in [0.05, 0.1) is 45.2 Å². The van der Waals surface area contributed by atoms with Gasteiger partial charge in [0.2, 0.25) is 0 Å². The van der Waals surface area contributed by atoms with Crippen LogP contribution in [0.15, 0.2) is 24.3 Å². The van der Waals surface area contributed by atoms with E-state index in [4.69, 9.17) is 18.9 Å². The zero-order chi connectivity index (χ0) is 14.1. The molecule has 0 spiro atoms. The van der Waals surface area contributed by atoms with Gasteiger partial charge in [-0.05, 0) is 29.9 Å². The number of epoxide rings is 3. The third-order valence-electron chi connectivity index (χ3n) is 4.33. The summed E-state index contributed by atoms with van der Waals surface area (Å²) in [5, 5.41) is 0. The van der Waals surface area contributed by atoms with E-state index in [1.807, 2.05) is 0 Å². The van der Waals surface area contributed by atoms with Gasteiger partial charge in [-0.25, -0.2) is 0 Å². The highest BCUT2D eigenvalue weighted by Gasteiger charge is 2.32. The summed E-state index contributed by atoms with van der Waals surface area (Å²) >= 11 is 0. The van der Waals surface area contributed by atoms with E-state index in [0.717, 1.165) is 32.7 Å². The van der Waals surface area contributed by atoms with Crippen LogP contribution in [0.2, 0.25) is 0 Å². The highest BCUT2D eigenvalue weighted by Crippen LogP contribution is 2.34. The second-order valence-corrected chi connectivity index (χ2v) is 6.29. The average Bonchev–Trinajstić information content (AvgIpc) is 3.35. The minimum absolute atomic E-state index is 0.339. The van der Waals surface area contributed by atoms with E-state index in [1.54, 1.807) is 0 Å². The molecule has 3 aliphatic heterocycles. The Morgan fingerprint density at radius 2 is 1.48 bits per heavy atom. The molecule has 21 heavy (non-hydrogen) atoms. The molecule has 0 aromatic heterocycles. The lowest BCUT2D eigenvalue weighted by molar-refractivity contribution is 0.104. The van der Waals surface area contributed by atoms with Crippen molar-refractivity contribution in [3.63, 3.8) is 0 Å². The number of benzene rings is 1. The summed E-state index contributed by atoms with van der Waals surface area (Å²) in [6.45, 7) is 4.09. The molecule has 4 nitrogen and oxygen atoms in total. The zero-order valence-corrected chi connectivity index (χ0v) is 12.2. The van der Waals surface area contributed by atoms with Crippen LogP contribution >= 0.6 is 0 Å². The Labute approximate surface area is 125 Å². The van der Waals surface area contributed by atoms with Gasteiger partial charge in [0.25, 0.3) is 0 Å². The molecule has 0 bridgehead atoms. The summed E-state index contributed by atoms with van der Waals surface area (Å²) in [5.74, 6) is 0.555. The molecule has 3 unspecified atom stereocenters. The van der Waals surface area contributed by atoms with Crippen molar-refractivity contribution in [2.24, 2.45) is 0 Å². The molecule has 1 aromatic rings. The molecule has 3 fully saturated rings. The van der Waals surface area contributed by atoms with Gasteiger partial charge < -0.3 is 18.9 Å². The van der Waals surface area contributed by atoms with Gasteiger partial charge in [0.1, 0.15) is 6.10 Å². The van der Waals surface area contributed by atoms with Crippen LogP contribution in [-0.2, 0) is 25.6 Å². The van der Waals surface area contributed by atoms with Crippen LogP contribution in [-0.4, -0.2) is 44.7 Å². The molecular weight excluding hydrogens is 268 g/mol. The third-order valence-corrected chi connectivity index (χ3v) is 4.33. The first-order valence-corrected chi connectivity index (χ1v) is 7.88. The van der Waals surface area contributed by atoms with Gasteiger partial charge in [-0.15, -0.1) is 0 Å². The Morgan fingerprint density at radius 3 is 2.00 bits per heavy atom. The topological polar surface area (TPSA) is 46.8 Å². The van der Waals surface area contributed by atoms with Crippen molar-refractivity contribution in [3.8, 4) is 0 Å². The van der Waals surface area contributed by atoms with Crippen molar-refractivity contribution in [2.45, 2.75) is 43.7 Å². The van der Waals surface area contributed by atoms with Crippen molar-refractivity contribution < 1.29 is 18.9 Å². The molecule has 3 aliphatic rings. The van der Waals surface area contributed by atoms with Crippen LogP contribution in [0.5, 0.6) is 0 Å². The predicted octanol–water partition coefficient (Wildman–Crippen LogP) is 2.26. The summed E-state index contributed by atoms with van der Waals surface area (Å²) in [5.41, 5.74) is 2.62. The molecule has 0 N–H and O–H groups in total. The van der Waals surface area contributed by atoms with E-state index < -0.39 is 0 Å². The number of hydrogen-bond donors (Lipinski definition) is 0. The molecule has 1 aromatic carbocycles. The fraction of sp³-hybridized carbons (Fsp3) is 0.647. The maximum absolute atomic E-state index is 5.63. The lowest BCUT2D eigenvalue weighted by Gasteiger charge is -2.16. The fourth-order valence-corrected chi connectivity index (χ4v) is 2.77. The SMILES string of the molecule is c1cc(C(CC2CO2)CC2CO2)ccc1COCC1CO1. The first kappa shape index (κ1) is 13.7. The predicted molar refractivity (Wildman–Crippen MR) is 77.3 cm³/mol. The molecule has 0 amide bonds. The van der Waals surface area contributed by atoms with E-state index in [9.17, 15) is 0 Å². The van der Waals surface area contributed by atoms with E-state index in [2.05, 4.69) is 24.3 Å². The van der Waals surface area contributed by atoms with Crippen molar-refractivity contribution in [1.82, 2.24) is 0 Å². The lowest BCUT2D eigenvalue weighted by Crippen LogP contribution is -2.07. The molecule has 4 heteroatoms. The summed E-state index contributed by atoms with van der Waals surface area (Å²) in [7, 11) is 0. The Balaban J connectivity index is 1.32. The van der Waals surface area contributed by atoms with Crippen LogP contribution in [0.25, 0.3) is 0 Å². The van der Waals surface area contributed by atoms with E-state index >= 15 is 0 Å². The van der Waals surface area contributed by atoms with Gasteiger partial charge in [-0.2, -0.15) is 0 Å². The van der Waals surface area contributed by atoms with Gasteiger partial charge in [0, 0.05) is 0 Å². The molecule has 0 aliphatic carbocycles. The summed E-state index contributed by atoms with van der Waals surface area (Å²) in [6.07, 6.45) is 3.51. The highest BCUT2D eigenvalue weighted by atomic mass is 16.6. The maximum atomic E-state index is 5.63. The zero-order valence-electron chi connectivity index (χ0n) is 12.2. The van der Waals surface area contributed by atoms with Crippen LogP contribution in [0, 0.1) is 0 Å². The van der Waals surface area contributed by atoms with E-state index in [1.165, 1.54) is 11.1 Å². The molecule has 0 radical (unpaired) electrons. The van der Waals surface area contributed by atoms with Gasteiger partial charge in [-0.1, -0.05) is 24.3 Å². The second-order valence-electron chi connectivity index (χ2n) is 6.29.